The van der Waals surface area contributed by atoms with E-state index in [-0.39, 0.29) is 17.0 Å². The summed E-state index contributed by atoms with van der Waals surface area (Å²) in [5.74, 6) is 0.497. The van der Waals surface area contributed by atoms with Crippen molar-refractivity contribution in [3.8, 4) is 0 Å². The van der Waals surface area contributed by atoms with Gasteiger partial charge in [-0.25, -0.2) is 8.42 Å². The second-order valence-corrected chi connectivity index (χ2v) is 6.79. The summed E-state index contributed by atoms with van der Waals surface area (Å²) in [7, 11) is -2.83. The highest BCUT2D eigenvalue weighted by Gasteiger charge is 2.27. The molecule has 15 heavy (non-hydrogen) atoms. The topological polar surface area (TPSA) is 69.4 Å². The fourth-order valence-corrected chi connectivity index (χ4v) is 2.69. The molecule has 0 aromatic rings. The number of ether oxygens (including phenoxy) is 1. The number of rotatable bonds is 5. The minimum Gasteiger partial charge on any atom is -0.381 e. The van der Waals surface area contributed by atoms with Gasteiger partial charge in [0.25, 0.3) is 0 Å². The number of hydrogen-bond acceptors (Lipinski definition) is 4. The van der Waals surface area contributed by atoms with Crippen molar-refractivity contribution in [3.05, 3.63) is 0 Å². The molecule has 0 saturated carbocycles. The van der Waals surface area contributed by atoms with Crippen LogP contribution in [0.1, 0.15) is 32.6 Å². The van der Waals surface area contributed by atoms with Crippen LogP contribution >= 0.6 is 0 Å². The first-order chi connectivity index (χ1) is 6.97. The third kappa shape index (κ3) is 4.49. The van der Waals surface area contributed by atoms with E-state index in [0.717, 1.165) is 19.3 Å². The first kappa shape index (κ1) is 12.9. The van der Waals surface area contributed by atoms with Crippen LogP contribution in [0.25, 0.3) is 0 Å². The van der Waals surface area contributed by atoms with Gasteiger partial charge in [-0.3, -0.25) is 0 Å². The largest absolute Gasteiger partial charge is 0.381 e. The molecule has 1 fully saturated rings. The molecule has 0 aliphatic carbocycles. The summed E-state index contributed by atoms with van der Waals surface area (Å²) < 4.78 is 27.8. The quantitative estimate of drug-likeness (QED) is 0.762. The van der Waals surface area contributed by atoms with E-state index in [0.29, 0.717) is 19.6 Å². The zero-order chi connectivity index (χ0) is 11.4. The molecule has 0 amide bonds. The van der Waals surface area contributed by atoms with E-state index in [1.807, 2.05) is 0 Å². The molecule has 1 aliphatic heterocycles. The molecule has 4 nitrogen and oxygen atoms in total. The van der Waals surface area contributed by atoms with Crippen molar-refractivity contribution >= 4 is 9.84 Å². The molecule has 1 aliphatic rings. The lowest BCUT2D eigenvalue weighted by atomic mass is 9.87. The van der Waals surface area contributed by atoms with Crippen LogP contribution in [0, 0.1) is 0 Å². The summed E-state index contributed by atoms with van der Waals surface area (Å²) in [6, 6.07) is 0. The second kappa shape index (κ2) is 5.27. The molecule has 0 atom stereocenters. The maximum absolute atomic E-state index is 11.3. The Morgan fingerprint density at radius 2 is 1.93 bits per heavy atom. The van der Waals surface area contributed by atoms with Crippen LogP contribution in [-0.2, 0) is 14.6 Å². The molecule has 90 valence electrons. The Labute approximate surface area is 92.1 Å². The SMILES string of the molecule is CCS(=O)(=O)CCCC1(N)CCOCC1. The lowest BCUT2D eigenvalue weighted by Gasteiger charge is -2.33. The van der Waals surface area contributed by atoms with Crippen LogP contribution in [0.5, 0.6) is 0 Å². The molecule has 0 aromatic heterocycles. The molecule has 1 rings (SSSR count). The first-order valence-corrected chi connectivity index (χ1v) is 7.37. The second-order valence-electron chi connectivity index (χ2n) is 4.31. The highest BCUT2D eigenvalue weighted by atomic mass is 32.2. The van der Waals surface area contributed by atoms with Crippen molar-refractivity contribution in [1.29, 1.82) is 0 Å². The van der Waals surface area contributed by atoms with Crippen LogP contribution < -0.4 is 5.73 Å². The maximum atomic E-state index is 11.3. The summed E-state index contributed by atoms with van der Waals surface area (Å²) >= 11 is 0. The molecule has 2 N–H and O–H groups in total. The molecule has 0 spiro atoms. The monoisotopic (exact) mass is 235 g/mol. The van der Waals surface area contributed by atoms with Gasteiger partial charge in [-0.15, -0.1) is 0 Å². The number of sulfone groups is 1. The van der Waals surface area contributed by atoms with Crippen molar-refractivity contribution in [1.82, 2.24) is 0 Å². The Balaban J connectivity index is 2.30. The van der Waals surface area contributed by atoms with Gasteiger partial charge in [0.2, 0.25) is 0 Å². The van der Waals surface area contributed by atoms with Gasteiger partial charge < -0.3 is 10.5 Å². The molecule has 1 saturated heterocycles. The van der Waals surface area contributed by atoms with E-state index in [4.69, 9.17) is 10.5 Å². The van der Waals surface area contributed by atoms with Crippen molar-refractivity contribution in [2.75, 3.05) is 24.7 Å². The minimum absolute atomic E-state index is 0.193. The lowest BCUT2D eigenvalue weighted by molar-refractivity contribution is 0.0501. The summed E-state index contributed by atoms with van der Waals surface area (Å²) in [6.07, 6.45) is 3.15. The van der Waals surface area contributed by atoms with E-state index < -0.39 is 9.84 Å². The summed E-state index contributed by atoms with van der Waals surface area (Å²) in [5, 5.41) is 0. The Morgan fingerprint density at radius 3 is 2.47 bits per heavy atom. The smallest absolute Gasteiger partial charge is 0.150 e. The standard InChI is InChI=1S/C10H21NO3S/c1-2-15(12,13)9-3-4-10(11)5-7-14-8-6-10/h2-9,11H2,1H3. The van der Waals surface area contributed by atoms with Crippen LogP contribution in [0.15, 0.2) is 0 Å². The van der Waals surface area contributed by atoms with Crippen molar-refractivity contribution in [2.24, 2.45) is 5.73 Å². The zero-order valence-corrected chi connectivity index (χ0v) is 10.2. The molecule has 1 heterocycles. The van der Waals surface area contributed by atoms with Gasteiger partial charge in [0.05, 0.1) is 5.75 Å². The Morgan fingerprint density at radius 1 is 1.33 bits per heavy atom. The van der Waals surface area contributed by atoms with Crippen LogP contribution in [0.2, 0.25) is 0 Å². The van der Waals surface area contributed by atoms with Gasteiger partial charge in [-0.2, -0.15) is 0 Å². The third-order valence-electron chi connectivity index (χ3n) is 3.06. The van der Waals surface area contributed by atoms with Gasteiger partial charge >= 0.3 is 0 Å². The van der Waals surface area contributed by atoms with E-state index in [2.05, 4.69) is 0 Å². The predicted octanol–water partition coefficient (Wildman–Crippen LogP) is 0.709. The van der Waals surface area contributed by atoms with E-state index in [1.54, 1.807) is 6.92 Å². The molecule has 0 radical (unpaired) electrons. The van der Waals surface area contributed by atoms with E-state index in [1.165, 1.54) is 0 Å². The minimum atomic E-state index is -2.83. The number of hydrogen-bond donors (Lipinski definition) is 1. The van der Waals surface area contributed by atoms with Crippen LogP contribution in [-0.4, -0.2) is 38.7 Å². The highest BCUT2D eigenvalue weighted by molar-refractivity contribution is 7.91. The number of nitrogens with two attached hydrogens (primary N) is 1. The molecule has 5 heteroatoms. The van der Waals surface area contributed by atoms with Crippen LogP contribution in [0.4, 0.5) is 0 Å². The van der Waals surface area contributed by atoms with E-state index in [9.17, 15) is 8.42 Å². The molecule has 0 bridgehead atoms. The average molecular weight is 235 g/mol. The highest BCUT2D eigenvalue weighted by Crippen LogP contribution is 2.23. The van der Waals surface area contributed by atoms with Gasteiger partial charge in [0.15, 0.2) is 0 Å². The van der Waals surface area contributed by atoms with Gasteiger partial charge in [0, 0.05) is 24.5 Å². The van der Waals surface area contributed by atoms with Gasteiger partial charge in [-0.1, -0.05) is 6.92 Å². The normalized spacial score (nSPS) is 21.5. The predicted molar refractivity (Wildman–Crippen MR) is 60.5 cm³/mol. The summed E-state index contributed by atoms with van der Waals surface area (Å²) in [5.41, 5.74) is 5.96. The van der Waals surface area contributed by atoms with Gasteiger partial charge in [-0.05, 0) is 25.7 Å². The molecule has 0 unspecified atom stereocenters. The first-order valence-electron chi connectivity index (χ1n) is 5.54. The van der Waals surface area contributed by atoms with E-state index >= 15 is 0 Å². The molecule has 0 aromatic carbocycles. The van der Waals surface area contributed by atoms with Crippen molar-refractivity contribution in [3.63, 3.8) is 0 Å². The maximum Gasteiger partial charge on any atom is 0.150 e. The summed E-state index contributed by atoms with van der Waals surface area (Å²) in [4.78, 5) is 0. The molecular formula is C10H21NO3S. The Kier molecular flexibility index (Phi) is 4.55. The Bertz CT molecular complexity index is 281. The Hall–Kier alpha value is -0.130. The lowest BCUT2D eigenvalue weighted by Crippen LogP contribution is -2.45. The van der Waals surface area contributed by atoms with Gasteiger partial charge in [0.1, 0.15) is 9.84 Å². The van der Waals surface area contributed by atoms with Crippen molar-refractivity contribution < 1.29 is 13.2 Å². The summed E-state index contributed by atoms with van der Waals surface area (Å²) in [6.45, 7) is 3.09. The fourth-order valence-electron chi connectivity index (χ4n) is 1.82. The van der Waals surface area contributed by atoms with Crippen molar-refractivity contribution in [2.45, 2.75) is 38.1 Å². The zero-order valence-electron chi connectivity index (χ0n) is 9.37. The third-order valence-corrected chi connectivity index (χ3v) is 4.85. The molecular weight excluding hydrogens is 214 g/mol. The van der Waals surface area contributed by atoms with Crippen LogP contribution in [0.3, 0.4) is 0 Å². The fraction of sp³-hybridized carbons (Fsp3) is 1.00. The average Bonchev–Trinajstić information content (AvgIpc) is 2.18.